The fraction of sp³-hybridized carbons (Fsp3) is 0.0769. The van der Waals surface area contributed by atoms with Gasteiger partial charge in [-0.3, -0.25) is 14.6 Å². The molecule has 0 fully saturated rings. The lowest BCUT2D eigenvalue weighted by Gasteiger charge is -2.10. The molecule has 0 aliphatic carbocycles. The predicted molar refractivity (Wildman–Crippen MR) is 81.6 cm³/mol. The summed E-state index contributed by atoms with van der Waals surface area (Å²) >= 11 is 0.990. The number of imidazole rings is 1. The molecule has 8 nitrogen and oxygen atoms in total. The van der Waals surface area contributed by atoms with Crippen LogP contribution in [0.15, 0.2) is 40.3 Å². The van der Waals surface area contributed by atoms with E-state index in [0.29, 0.717) is 5.56 Å². The molecule has 112 valence electrons. The number of nitrogens with one attached hydrogen (secondary N) is 2. The van der Waals surface area contributed by atoms with Crippen LogP contribution < -0.4 is 11.3 Å². The Morgan fingerprint density at radius 2 is 1.95 bits per heavy atom. The number of aromatic nitrogens is 4. The van der Waals surface area contributed by atoms with Crippen molar-refractivity contribution in [3.63, 3.8) is 0 Å². The second-order valence-electron chi connectivity index (χ2n) is 4.44. The summed E-state index contributed by atoms with van der Waals surface area (Å²) in [6.45, 7) is 0. The van der Waals surface area contributed by atoms with Crippen molar-refractivity contribution in [1.82, 2.24) is 19.9 Å². The molecule has 0 amide bonds. The van der Waals surface area contributed by atoms with Gasteiger partial charge >= 0.3 is 5.97 Å². The van der Waals surface area contributed by atoms with Crippen molar-refractivity contribution in [2.45, 2.75) is 10.4 Å². The summed E-state index contributed by atoms with van der Waals surface area (Å²) in [4.78, 5) is 36.3. The zero-order valence-corrected chi connectivity index (χ0v) is 11.9. The third kappa shape index (κ3) is 2.66. The van der Waals surface area contributed by atoms with Crippen LogP contribution in [0.3, 0.4) is 0 Å². The number of anilines is 1. The molecule has 0 saturated heterocycles. The molecule has 3 aromatic rings. The molecule has 1 aromatic carbocycles. The van der Waals surface area contributed by atoms with Crippen LogP contribution in [-0.2, 0) is 4.79 Å². The average Bonchev–Trinajstić information content (AvgIpc) is 2.88. The van der Waals surface area contributed by atoms with Crippen molar-refractivity contribution in [1.29, 1.82) is 0 Å². The topological polar surface area (TPSA) is 138 Å². The van der Waals surface area contributed by atoms with Crippen molar-refractivity contribution < 1.29 is 9.90 Å². The maximum atomic E-state index is 11.7. The number of thioether (sulfide) groups is 1. The number of nitrogens with two attached hydrogens (primary N) is 1. The van der Waals surface area contributed by atoms with Crippen LogP contribution in [0.2, 0.25) is 0 Å². The number of fused-ring (bicyclic) bond motifs is 1. The monoisotopic (exact) mass is 317 g/mol. The number of rotatable bonds is 4. The number of aromatic amines is 2. The summed E-state index contributed by atoms with van der Waals surface area (Å²) in [6, 6.07) is 8.77. The van der Waals surface area contributed by atoms with Crippen LogP contribution >= 0.6 is 11.8 Å². The number of nitrogens with zero attached hydrogens (tertiary/aromatic N) is 2. The van der Waals surface area contributed by atoms with E-state index in [1.165, 1.54) is 0 Å². The van der Waals surface area contributed by atoms with Gasteiger partial charge in [0.1, 0.15) is 5.25 Å². The fourth-order valence-electron chi connectivity index (χ4n) is 1.96. The number of carboxylic acid groups (broad SMARTS) is 1. The average molecular weight is 317 g/mol. The fourth-order valence-corrected chi connectivity index (χ4v) is 2.88. The minimum Gasteiger partial charge on any atom is -0.480 e. The summed E-state index contributed by atoms with van der Waals surface area (Å²) in [6.07, 6.45) is 0. The number of H-pyrrole nitrogens is 2. The third-order valence-corrected chi connectivity index (χ3v) is 4.04. The highest BCUT2D eigenvalue weighted by Gasteiger charge is 2.23. The molecule has 1 atom stereocenters. The minimum absolute atomic E-state index is 0.0432. The molecule has 0 radical (unpaired) electrons. The van der Waals surface area contributed by atoms with E-state index in [4.69, 9.17) is 5.73 Å². The van der Waals surface area contributed by atoms with Crippen LogP contribution in [0.4, 0.5) is 5.95 Å². The SMILES string of the molecule is Nc1nc2nc(S[C@@H](C(=O)O)c3ccccc3)[nH]c2c(=O)[nH]1. The number of hydrogen-bond acceptors (Lipinski definition) is 6. The Morgan fingerprint density at radius 1 is 1.23 bits per heavy atom. The number of carbonyl (C=O) groups is 1. The van der Waals surface area contributed by atoms with Crippen LogP contribution in [-0.4, -0.2) is 31.0 Å². The highest BCUT2D eigenvalue weighted by atomic mass is 32.2. The lowest BCUT2D eigenvalue weighted by molar-refractivity contribution is -0.136. The van der Waals surface area contributed by atoms with E-state index >= 15 is 0 Å². The number of carboxylic acids is 1. The van der Waals surface area contributed by atoms with Crippen molar-refractivity contribution in [3.8, 4) is 0 Å². The van der Waals surface area contributed by atoms with Gasteiger partial charge in [0.25, 0.3) is 5.56 Å². The molecular formula is C13H11N5O3S. The first-order valence-electron chi connectivity index (χ1n) is 6.24. The quantitative estimate of drug-likeness (QED) is 0.529. The zero-order valence-electron chi connectivity index (χ0n) is 11.1. The molecule has 0 spiro atoms. The molecule has 0 aliphatic heterocycles. The highest BCUT2D eigenvalue weighted by molar-refractivity contribution is 8.00. The largest absolute Gasteiger partial charge is 0.480 e. The van der Waals surface area contributed by atoms with Gasteiger partial charge < -0.3 is 15.8 Å². The molecule has 0 bridgehead atoms. The van der Waals surface area contributed by atoms with Crippen LogP contribution in [0.1, 0.15) is 10.8 Å². The van der Waals surface area contributed by atoms with Gasteiger partial charge in [-0.2, -0.15) is 4.98 Å². The Labute approximate surface area is 127 Å². The summed E-state index contributed by atoms with van der Waals surface area (Å²) in [5.74, 6) is -1.04. The molecule has 3 rings (SSSR count). The van der Waals surface area contributed by atoms with Crippen molar-refractivity contribution in [2.75, 3.05) is 5.73 Å². The normalized spacial score (nSPS) is 12.4. The van der Waals surface area contributed by atoms with Gasteiger partial charge in [-0.1, -0.05) is 42.1 Å². The van der Waals surface area contributed by atoms with Crippen molar-refractivity contribution in [3.05, 3.63) is 46.2 Å². The van der Waals surface area contributed by atoms with Gasteiger partial charge in [-0.05, 0) is 5.56 Å². The van der Waals surface area contributed by atoms with Gasteiger partial charge in [0.2, 0.25) is 5.95 Å². The van der Waals surface area contributed by atoms with Crippen LogP contribution in [0.25, 0.3) is 11.2 Å². The molecular weight excluding hydrogens is 306 g/mol. The van der Waals surface area contributed by atoms with Crippen molar-refractivity contribution >= 4 is 34.8 Å². The van der Waals surface area contributed by atoms with Crippen molar-refractivity contribution in [2.24, 2.45) is 0 Å². The minimum atomic E-state index is -1.00. The van der Waals surface area contributed by atoms with E-state index in [-0.39, 0.29) is 22.3 Å². The highest BCUT2D eigenvalue weighted by Crippen LogP contribution is 2.34. The third-order valence-electron chi connectivity index (χ3n) is 2.91. The number of nitrogen functional groups attached to an aromatic ring is 1. The van der Waals surface area contributed by atoms with E-state index < -0.39 is 16.8 Å². The molecule has 5 N–H and O–H groups in total. The Kier molecular flexibility index (Phi) is 3.55. The van der Waals surface area contributed by atoms with Gasteiger partial charge in [-0.15, -0.1) is 0 Å². The van der Waals surface area contributed by atoms with E-state index in [1.807, 2.05) is 0 Å². The maximum Gasteiger partial charge on any atom is 0.321 e. The molecule has 2 aromatic heterocycles. The number of hydrogen-bond donors (Lipinski definition) is 4. The lowest BCUT2D eigenvalue weighted by Crippen LogP contribution is -2.10. The van der Waals surface area contributed by atoms with E-state index in [9.17, 15) is 14.7 Å². The predicted octanol–water partition coefficient (Wildman–Crippen LogP) is 1.15. The van der Waals surface area contributed by atoms with E-state index in [2.05, 4.69) is 19.9 Å². The summed E-state index contributed by atoms with van der Waals surface area (Å²) in [5.41, 5.74) is 5.94. The van der Waals surface area contributed by atoms with E-state index in [1.54, 1.807) is 30.3 Å². The van der Waals surface area contributed by atoms with Gasteiger partial charge in [0.05, 0.1) is 0 Å². The maximum absolute atomic E-state index is 11.7. The molecule has 2 heterocycles. The summed E-state index contributed by atoms with van der Waals surface area (Å²) in [7, 11) is 0. The molecule has 22 heavy (non-hydrogen) atoms. The number of benzene rings is 1. The Hall–Kier alpha value is -2.81. The van der Waals surface area contributed by atoms with Crippen LogP contribution in [0.5, 0.6) is 0 Å². The molecule has 0 aliphatic rings. The first kappa shape index (κ1) is 14.1. The Morgan fingerprint density at radius 3 is 2.64 bits per heavy atom. The van der Waals surface area contributed by atoms with Gasteiger partial charge in [0.15, 0.2) is 16.3 Å². The first-order chi connectivity index (χ1) is 10.5. The summed E-state index contributed by atoms with van der Waals surface area (Å²) in [5, 5.41) is 8.83. The van der Waals surface area contributed by atoms with Crippen LogP contribution in [0, 0.1) is 0 Å². The Balaban J connectivity index is 1.99. The standard InChI is InChI=1S/C13H11N5O3S/c14-12-16-9-7(10(19)18-12)15-13(17-9)22-8(11(20)21)6-4-2-1-3-5-6/h1-5,8H,(H,20,21)(H4,14,15,16,17,18,19)/t8-/m1/s1. The molecule has 0 unspecified atom stereocenters. The van der Waals surface area contributed by atoms with Gasteiger partial charge in [0, 0.05) is 0 Å². The summed E-state index contributed by atoms with van der Waals surface area (Å²) < 4.78 is 0. The Bertz CT molecular complexity index is 890. The smallest absolute Gasteiger partial charge is 0.321 e. The first-order valence-corrected chi connectivity index (χ1v) is 7.12. The zero-order chi connectivity index (χ0) is 15.7. The van der Waals surface area contributed by atoms with E-state index in [0.717, 1.165) is 11.8 Å². The second kappa shape index (κ2) is 5.53. The lowest BCUT2D eigenvalue weighted by atomic mass is 10.1. The van der Waals surface area contributed by atoms with Gasteiger partial charge in [-0.25, -0.2) is 4.98 Å². The molecule has 0 saturated carbocycles. The molecule has 9 heteroatoms. The number of aliphatic carboxylic acids is 1. The second-order valence-corrected chi connectivity index (χ2v) is 5.53.